The number of nitrogens with zero attached hydrogens (tertiary/aromatic N) is 3. The summed E-state index contributed by atoms with van der Waals surface area (Å²) in [5.74, 6) is 2.18. The summed E-state index contributed by atoms with van der Waals surface area (Å²) in [4.78, 5) is 0. The summed E-state index contributed by atoms with van der Waals surface area (Å²) in [7, 11) is 0. The molecule has 0 spiro atoms. The zero-order valence-electron chi connectivity index (χ0n) is 11.2. The molecular weight excluding hydrogens is 212 g/mol. The fraction of sp³-hybridized carbons (Fsp3) is 0.846. The highest BCUT2D eigenvalue weighted by Crippen LogP contribution is 2.16. The summed E-state index contributed by atoms with van der Waals surface area (Å²) in [6.07, 6.45) is 6.24. The summed E-state index contributed by atoms with van der Waals surface area (Å²) in [5.41, 5.74) is 0. The molecule has 2 rings (SSSR count). The third-order valence-corrected chi connectivity index (χ3v) is 3.58. The maximum absolute atomic E-state index is 4.31. The molecule has 1 atom stereocenters. The van der Waals surface area contributed by atoms with Crippen molar-refractivity contribution in [3.05, 3.63) is 11.6 Å². The van der Waals surface area contributed by atoms with E-state index in [2.05, 4.69) is 33.9 Å². The number of hydrogen-bond acceptors (Lipinski definition) is 3. The molecule has 0 aromatic carbocycles. The number of hydrogen-bond donors (Lipinski definition) is 1. The first-order valence-corrected chi connectivity index (χ1v) is 6.82. The molecule has 1 aliphatic heterocycles. The van der Waals surface area contributed by atoms with Crippen molar-refractivity contribution in [1.82, 2.24) is 20.1 Å². The topological polar surface area (TPSA) is 42.7 Å². The highest BCUT2D eigenvalue weighted by molar-refractivity contribution is 4.97. The summed E-state index contributed by atoms with van der Waals surface area (Å²) in [6.45, 7) is 7.60. The Balaban J connectivity index is 1.94. The molecule has 4 heteroatoms. The Kier molecular flexibility index (Phi) is 4.15. The Morgan fingerprint density at radius 1 is 1.35 bits per heavy atom. The zero-order chi connectivity index (χ0) is 12.3. The van der Waals surface area contributed by atoms with E-state index in [0.29, 0.717) is 12.1 Å². The average Bonchev–Trinajstić information content (AvgIpc) is 2.69. The van der Waals surface area contributed by atoms with E-state index >= 15 is 0 Å². The fourth-order valence-electron chi connectivity index (χ4n) is 2.73. The van der Waals surface area contributed by atoms with Crippen molar-refractivity contribution in [2.24, 2.45) is 0 Å². The van der Waals surface area contributed by atoms with Gasteiger partial charge in [0.2, 0.25) is 0 Å². The first kappa shape index (κ1) is 12.6. The molecule has 1 aliphatic rings. The van der Waals surface area contributed by atoms with Crippen LogP contribution in [0, 0.1) is 6.92 Å². The van der Waals surface area contributed by atoms with Crippen LogP contribution in [0.4, 0.5) is 0 Å². The SMILES string of the molecule is Cc1nnc(CCC2CCCCN2)n1C(C)C. The number of aromatic nitrogens is 3. The van der Waals surface area contributed by atoms with Gasteiger partial charge in [-0.25, -0.2) is 0 Å². The van der Waals surface area contributed by atoms with Crippen LogP contribution in [0.5, 0.6) is 0 Å². The minimum Gasteiger partial charge on any atom is -0.314 e. The predicted molar refractivity (Wildman–Crippen MR) is 69.1 cm³/mol. The van der Waals surface area contributed by atoms with Crippen LogP contribution in [0.15, 0.2) is 0 Å². The fourth-order valence-corrected chi connectivity index (χ4v) is 2.73. The molecule has 4 nitrogen and oxygen atoms in total. The summed E-state index contributed by atoms with van der Waals surface area (Å²) in [5, 5.41) is 12.1. The molecule has 96 valence electrons. The molecule has 1 aromatic rings. The van der Waals surface area contributed by atoms with Gasteiger partial charge in [0, 0.05) is 18.5 Å². The molecular formula is C13H24N4. The van der Waals surface area contributed by atoms with Crippen LogP contribution in [0.3, 0.4) is 0 Å². The Bertz CT molecular complexity index is 350. The molecule has 1 aromatic heterocycles. The maximum atomic E-state index is 4.31. The van der Waals surface area contributed by atoms with Gasteiger partial charge in [-0.2, -0.15) is 0 Å². The van der Waals surface area contributed by atoms with Gasteiger partial charge >= 0.3 is 0 Å². The molecule has 0 aliphatic carbocycles. The van der Waals surface area contributed by atoms with Crippen molar-refractivity contribution >= 4 is 0 Å². The van der Waals surface area contributed by atoms with E-state index in [1.54, 1.807) is 0 Å². The molecule has 0 radical (unpaired) electrons. The highest BCUT2D eigenvalue weighted by atomic mass is 15.3. The van der Waals surface area contributed by atoms with Gasteiger partial charge in [-0.05, 0) is 46.6 Å². The molecule has 0 amide bonds. The van der Waals surface area contributed by atoms with Crippen LogP contribution in [0.25, 0.3) is 0 Å². The third-order valence-electron chi connectivity index (χ3n) is 3.58. The second-order valence-corrected chi connectivity index (χ2v) is 5.31. The lowest BCUT2D eigenvalue weighted by Crippen LogP contribution is -2.34. The molecule has 1 fully saturated rings. The average molecular weight is 236 g/mol. The zero-order valence-corrected chi connectivity index (χ0v) is 11.2. The largest absolute Gasteiger partial charge is 0.314 e. The lowest BCUT2D eigenvalue weighted by atomic mass is 10.0. The van der Waals surface area contributed by atoms with Gasteiger partial charge in [0.15, 0.2) is 0 Å². The van der Waals surface area contributed by atoms with Crippen LogP contribution in [0.2, 0.25) is 0 Å². The van der Waals surface area contributed by atoms with Crippen LogP contribution < -0.4 is 5.32 Å². The standard InChI is InChI=1S/C13H24N4/c1-10(2)17-11(3)15-16-13(17)8-7-12-6-4-5-9-14-12/h10,12,14H,4-9H2,1-3H3. The number of aryl methyl sites for hydroxylation is 2. The highest BCUT2D eigenvalue weighted by Gasteiger charge is 2.16. The second kappa shape index (κ2) is 5.63. The molecule has 1 saturated heterocycles. The van der Waals surface area contributed by atoms with Crippen LogP contribution in [-0.2, 0) is 6.42 Å². The molecule has 1 unspecified atom stereocenters. The smallest absolute Gasteiger partial charge is 0.133 e. The van der Waals surface area contributed by atoms with Gasteiger partial charge in [-0.3, -0.25) is 0 Å². The first-order chi connectivity index (χ1) is 8.18. The van der Waals surface area contributed by atoms with Gasteiger partial charge in [0.05, 0.1) is 0 Å². The van der Waals surface area contributed by atoms with Crippen molar-refractivity contribution in [2.75, 3.05) is 6.54 Å². The first-order valence-electron chi connectivity index (χ1n) is 6.82. The van der Waals surface area contributed by atoms with E-state index in [1.165, 1.54) is 32.2 Å². The number of nitrogens with one attached hydrogen (secondary N) is 1. The Morgan fingerprint density at radius 3 is 2.82 bits per heavy atom. The molecule has 0 bridgehead atoms. The van der Waals surface area contributed by atoms with Gasteiger partial charge in [0.1, 0.15) is 11.6 Å². The van der Waals surface area contributed by atoms with E-state index in [9.17, 15) is 0 Å². The van der Waals surface area contributed by atoms with Crippen molar-refractivity contribution in [3.8, 4) is 0 Å². The monoisotopic (exact) mass is 236 g/mol. The van der Waals surface area contributed by atoms with Crippen molar-refractivity contribution in [2.45, 2.75) is 65.0 Å². The lowest BCUT2D eigenvalue weighted by molar-refractivity contribution is 0.377. The molecule has 1 N–H and O–H groups in total. The molecule has 0 saturated carbocycles. The third kappa shape index (κ3) is 3.06. The lowest BCUT2D eigenvalue weighted by Gasteiger charge is -2.23. The van der Waals surface area contributed by atoms with Crippen LogP contribution >= 0.6 is 0 Å². The Hall–Kier alpha value is -0.900. The van der Waals surface area contributed by atoms with E-state index in [0.717, 1.165) is 18.1 Å². The second-order valence-electron chi connectivity index (χ2n) is 5.31. The van der Waals surface area contributed by atoms with Gasteiger partial charge < -0.3 is 9.88 Å². The van der Waals surface area contributed by atoms with Crippen LogP contribution in [-0.4, -0.2) is 27.4 Å². The van der Waals surface area contributed by atoms with E-state index in [-0.39, 0.29) is 0 Å². The van der Waals surface area contributed by atoms with Crippen molar-refractivity contribution in [3.63, 3.8) is 0 Å². The van der Waals surface area contributed by atoms with Gasteiger partial charge in [-0.15, -0.1) is 10.2 Å². The van der Waals surface area contributed by atoms with Gasteiger partial charge in [0.25, 0.3) is 0 Å². The van der Waals surface area contributed by atoms with Crippen LogP contribution in [0.1, 0.15) is 57.2 Å². The van der Waals surface area contributed by atoms with Crippen molar-refractivity contribution < 1.29 is 0 Å². The summed E-state index contributed by atoms with van der Waals surface area (Å²) >= 11 is 0. The molecule has 2 heterocycles. The Morgan fingerprint density at radius 2 is 2.18 bits per heavy atom. The normalized spacial score (nSPS) is 21.1. The minimum atomic E-state index is 0.458. The number of piperidine rings is 1. The predicted octanol–water partition coefficient (Wildman–Crippen LogP) is 2.24. The Labute approximate surface area is 104 Å². The molecule has 17 heavy (non-hydrogen) atoms. The summed E-state index contributed by atoms with van der Waals surface area (Å²) in [6, 6.07) is 1.14. The van der Waals surface area contributed by atoms with Crippen molar-refractivity contribution in [1.29, 1.82) is 0 Å². The van der Waals surface area contributed by atoms with E-state index in [1.807, 2.05) is 6.92 Å². The van der Waals surface area contributed by atoms with E-state index < -0.39 is 0 Å². The quantitative estimate of drug-likeness (QED) is 0.872. The maximum Gasteiger partial charge on any atom is 0.133 e. The number of rotatable bonds is 4. The van der Waals surface area contributed by atoms with E-state index in [4.69, 9.17) is 0 Å². The van der Waals surface area contributed by atoms with Gasteiger partial charge in [-0.1, -0.05) is 6.42 Å². The summed E-state index contributed by atoms with van der Waals surface area (Å²) < 4.78 is 2.25. The minimum absolute atomic E-state index is 0.458.